The van der Waals surface area contributed by atoms with Crippen LogP contribution >= 0.6 is 0 Å². The molecule has 0 spiro atoms. The van der Waals surface area contributed by atoms with Crippen LogP contribution in [0.4, 0.5) is 0 Å². The number of hydrogen-bond acceptors (Lipinski definition) is 0. The lowest BCUT2D eigenvalue weighted by molar-refractivity contribution is 0.937. The predicted octanol–water partition coefficient (Wildman–Crippen LogP) is 13.5. The van der Waals surface area contributed by atoms with Gasteiger partial charge in [0.25, 0.3) is 0 Å². The van der Waals surface area contributed by atoms with Crippen LogP contribution in [0.25, 0.3) is 86.2 Å². The Labute approximate surface area is 278 Å². The molecule has 11 aromatic rings. The molecule has 0 aliphatic carbocycles. The minimum absolute atomic E-state index is 0.258. The van der Waals surface area contributed by atoms with Crippen LogP contribution in [0.1, 0.15) is 47.9 Å². The van der Waals surface area contributed by atoms with Crippen molar-refractivity contribution in [1.82, 2.24) is 0 Å². The Morgan fingerprint density at radius 3 is 1.10 bits per heavy atom. The van der Waals surface area contributed by atoms with E-state index in [4.69, 9.17) is 0 Å². The third kappa shape index (κ3) is 3.45. The van der Waals surface area contributed by atoms with Crippen molar-refractivity contribution in [3.8, 4) is 0 Å². The lowest BCUT2D eigenvalue weighted by atomic mass is 9.77. The highest BCUT2D eigenvalue weighted by molar-refractivity contribution is 6.45. The summed E-state index contributed by atoms with van der Waals surface area (Å²) in [6.45, 7) is 4.77. The molecule has 0 radical (unpaired) electrons. The van der Waals surface area contributed by atoms with Gasteiger partial charge in [0, 0.05) is 11.8 Å². The fraction of sp³-hybridized carbons (Fsp3) is 0.0833. The van der Waals surface area contributed by atoms with E-state index in [1.807, 2.05) is 0 Å². The van der Waals surface area contributed by atoms with Crippen LogP contribution in [-0.2, 0) is 0 Å². The van der Waals surface area contributed by atoms with Crippen LogP contribution in [0, 0.1) is 0 Å². The summed E-state index contributed by atoms with van der Waals surface area (Å²) < 4.78 is 0. The van der Waals surface area contributed by atoms with E-state index in [1.54, 1.807) is 0 Å². The molecule has 0 saturated heterocycles. The Morgan fingerprint density at radius 2 is 0.646 bits per heavy atom. The average molecular weight is 609 g/mol. The molecule has 2 unspecified atom stereocenters. The van der Waals surface area contributed by atoms with E-state index in [0.717, 1.165) is 0 Å². The normalized spacial score (nSPS) is 13.9. The van der Waals surface area contributed by atoms with Crippen molar-refractivity contribution in [3.63, 3.8) is 0 Å². The van der Waals surface area contributed by atoms with Gasteiger partial charge in [0.15, 0.2) is 0 Å². The van der Waals surface area contributed by atoms with E-state index < -0.39 is 0 Å². The highest BCUT2D eigenvalue weighted by Crippen LogP contribution is 2.51. The van der Waals surface area contributed by atoms with Crippen molar-refractivity contribution in [3.05, 3.63) is 168 Å². The average Bonchev–Trinajstić information content (AvgIpc) is 3.15. The minimum Gasteiger partial charge on any atom is -0.0616 e. The third-order valence-corrected chi connectivity index (χ3v) is 11.7. The summed E-state index contributed by atoms with van der Waals surface area (Å²) in [6.07, 6.45) is 0. The van der Waals surface area contributed by atoms with Crippen LogP contribution in [-0.4, -0.2) is 0 Å². The first-order valence-electron chi connectivity index (χ1n) is 17.2. The Kier molecular flexibility index (Phi) is 5.18. The van der Waals surface area contributed by atoms with E-state index in [2.05, 4.69) is 159 Å². The van der Waals surface area contributed by atoms with Crippen LogP contribution in [0.3, 0.4) is 0 Å². The maximum Gasteiger partial charge on any atom is 0.00676 e. The zero-order valence-corrected chi connectivity index (χ0v) is 27.0. The summed E-state index contributed by atoms with van der Waals surface area (Å²) in [5.74, 6) is 0.516. The van der Waals surface area contributed by atoms with Gasteiger partial charge in [-0.3, -0.25) is 0 Å². The van der Waals surface area contributed by atoms with Gasteiger partial charge in [0.2, 0.25) is 0 Å². The molecule has 0 nitrogen and oxygen atoms in total. The van der Waals surface area contributed by atoms with Gasteiger partial charge in [0.1, 0.15) is 0 Å². The van der Waals surface area contributed by atoms with E-state index >= 15 is 0 Å². The van der Waals surface area contributed by atoms with Crippen LogP contribution < -0.4 is 0 Å². The Morgan fingerprint density at radius 1 is 0.292 bits per heavy atom. The topological polar surface area (TPSA) is 0 Å². The number of fused-ring (bicyclic) bond motifs is 2. The van der Waals surface area contributed by atoms with Gasteiger partial charge in [-0.2, -0.15) is 0 Å². The van der Waals surface area contributed by atoms with Crippen LogP contribution in [0.2, 0.25) is 0 Å². The molecule has 0 fully saturated rings. The maximum absolute atomic E-state index is 2.49. The smallest absolute Gasteiger partial charge is 0.00676 e. The second kappa shape index (κ2) is 9.43. The zero-order valence-electron chi connectivity index (χ0n) is 27.0. The van der Waals surface area contributed by atoms with Crippen molar-refractivity contribution in [2.75, 3.05) is 0 Å². The van der Waals surface area contributed by atoms with Gasteiger partial charge in [-0.1, -0.05) is 147 Å². The zero-order chi connectivity index (χ0) is 31.7. The van der Waals surface area contributed by atoms with Gasteiger partial charge in [-0.05, 0) is 121 Å². The fourth-order valence-corrected chi connectivity index (χ4v) is 9.17. The Balaban J connectivity index is 1.22. The molecule has 224 valence electrons. The molecular formula is C48H32. The Hall–Kier alpha value is -5.72. The quantitative estimate of drug-likeness (QED) is 0.138. The van der Waals surface area contributed by atoms with E-state index in [0.29, 0.717) is 0 Å². The number of benzene rings is 11. The maximum atomic E-state index is 2.49. The lowest BCUT2D eigenvalue weighted by Crippen LogP contribution is -2.02. The molecule has 11 rings (SSSR count). The van der Waals surface area contributed by atoms with Crippen molar-refractivity contribution in [1.29, 1.82) is 0 Å². The molecule has 0 N–H and O–H groups in total. The molecule has 2 atom stereocenters. The standard InChI is InChI=1S/C48H32/c1-27(33-15-11-29-7-3-5-9-35(29)23-33)41-25-37-17-13-32-20-22-40-42(28(2)34-16-12-30-8-4-6-10-36(30)24-34)26-38-18-14-31-19-21-39(41)47-43(31)46(38)48(40)44(32)45(37)47/h3-28H,1-2H3. The van der Waals surface area contributed by atoms with E-state index in [-0.39, 0.29) is 11.8 Å². The second-order valence-electron chi connectivity index (χ2n) is 14.1. The first-order chi connectivity index (χ1) is 23.6. The summed E-state index contributed by atoms with van der Waals surface area (Å²) in [5, 5.41) is 21.8. The first-order valence-corrected chi connectivity index (χ1v) is 17.2. The molecule has 0 amide bonds. The SMILES string of the molecule is CC(c1ccc2ccccc2c1)c1cc2ccc3ccc4c(C(C)c5ccc6ccccc6c5)cc5ccc6ccc1c1c6c5c4c3c21. The molecule has 0 heteroatoms. The summed E-state index contributed by atoms with van der Waals surface area (Å²) in [7, 11) is 0. The van der Waals surface area contributed by atoms with Gasteiger partial charge in [0.05, 0.1) is 0 Å². The molecular weight excluding hydrogens is 577 g/mol. The van der Waals surface area contributed by atoms with Gasteiger partial charge in [-0.25, -0.2) is 0 Å². The van der Waals surface area contributed by atoms with Crippen molar-refractivity contribution in [2.24, 2.45) is 0 Å². The van der Waals surface area contributed by atoms with Crippen molar-refractivity contribution < 1.29 is 0 Å². The third-order valence-electron chi connectivity index (χ3n) is 11.7. The number of hydrogen-bond donors (Lipinski definition) is 0. The summed E-state index contributed by atoms with van der Waals surface area (Å²) in [6, 6.07) is 55.4. The van der Waals surface area contributed by atoms with Gasteiger partial charge < -0.3 is 0 Å². The van der Waals surface area contributed by atoms with Gasteiger partial charge in [-0.15, -0.1) is 0 Å². The molecule has 0 bridgehead atoms. The summed E-state index contributed by atoms with van der Waals surface area (Å²) in [5.41, 5.74) is 5.53. The molecule has 11 aromatic carbocycles. The van der Waals surface area contributed by atoms with Crippen molar-refractivity contribution >= 4 is 86.2 Å². The van der Waals surface area contributed by atoms with Crippen LogP contribution in [0.15, 0.2) is 146 Å². The highest BCUT2D eigenvalue weighted by atomic mass is 14.3. The molecule has 0 aromatic heterocycles. The number of rotatable bonds is 4. The molecule has 0 saturated carbocycles. The second-order valence-corrected chi connectivity index (χ2v) is 14.1. The fourth-order valence-electron chi connectivity index (χ4n) is 9.17. The largest absolute Gasteiger partial charge is 0.0616 e. The van der Waals surface area contributed by atoms with Crippen LogP contribution in [0.5, 0.6) is 0 Å². The summed E-state index contributed by atoms with van der Waals surface area (Å²) >= 11 is 0. The predicted molar refractivity (Wildman–Crippen MR) is 208 cm³/mol. The molecule has 0 aliphatic rings. The first kappa shape index (κ1) is 26.4. The monoisotopic (exact) mass is 608 g/mol. The Bertz CT molecular complexity index is 2810. The van der Waals surface area contributed by atoms with Gasteiger partial charge >= 0.3 is 0 Å². The van der Waals surface area contributed by atoms with E-state index in [1.165, 1.54) is 108 Å². The molecule has 0 heterocycles. The molecule has 0 aliphatic heterocycles. The summed E-state index contributed by atoms with van der Waals surface area (Å²) in [4.78, 5) is 0. The molecule has 48 heavy (non-hydrogen) atoms. The minimum atomic E-state index is 0.258. The van der Waals surface area contributed by atoms with Crippen molar-refractivity contribution in [2.45, 2.75) is 25.7 Å². The highest BCUT2D eigenvalue weighted by Gasteiger charge is 2.25. The van der Waals surface area contributed by atoms with E-state index in [9.17, 15) is 0 Å². The lowest BCUT2D eigenvalue weighted by Gasteiger charge is -2.26.